The standard InChI is InChI=1S/C17H13N3/c18-12-15-8-4-5-9-16(15)13-20-11-10-17(19-20)14-6-2-1-3-7-14/h1-11H,13H2. The number of hydrogen-bond acceptors (Lipinski definition) is 2. The Morgan fingerprint density at radius 1 is 0.950 bits per heavy atom. The van der Waals surface area contributed by atoms with Gasteiger partial charge in [0.2, 0.25) is 0 Å². The first kappa shape index (κ1) is 12.2. The Morgan fingerprint density at radius 2 is 1.70 bits per heavy atom. The van der Waals surface area contributed by atoms with Crippen molar-refractivity contribution in [2.24, 2.45) is 0 Å². The summed E-state index contributed by atoms with van der Waals surface area (Å²) in [5.41, 5.74) is 3.72. The molecule has 0 aliphatic heterocycles. The number of rotatable bonds is 3. The van der Waals surface area contributed by atoms with Crippen molar-refractivity contribution >= 4 is 0 Å². The fourth-order valence-corrected chi connectivity index (χ4v) is 2.15. The van der Waals surface area contributed by atoms with Gasteiger partial charge in [0.05, 0.1) is 23.9 Å². The van der Waals surface area contributed by atoms with Gasteiger partial charge in [0.25, 0.3) is 0 Å². The first-order valence-corrected chi connectivity index (χ1v) is 6.44. The summed E-state index contributed by atoms with van der Waals surface area (Å²) in [6.07, 6.45) is 1.94. The molecule has 0 saturated carbocycles. The number of nitrogens with zero attached hydrogens (tertiary/aromatic N) is 3. The molecule has 96 valence electrons. The number of nitriles is 1. The van der Waals surface area contributed by atoms with Crippen LogP contribution in [0.2, 0.25) is 0 Å². The van der Waals surface area contributed by atoms with Crippen LogP contribution in [0.25, 0.3) is 11.3 Å². The first-order chi connectivity index (χ1) is 9.86. The summed E-state index contributed by atoms with van der Waals surface area (Å²) in [5.74, 6) is 0. The van der Waals surface area contributed by atoms with Crippen LogP contribution in [-0.4, -0.2) is 9.78 Å². The van der Waals surface area contributed by atoms with Crippen molar-refractivity contribution < 1.29 is 0 Å². The van der Waals surface area contributed by atoms with E-state index in [1.807, 2.05) is 71.5 Å². The van der Waals surface area contributed by atoms with Crippen LogP contribution < -0.4 is 0 Å². The molecule has 0 radical (unpaired) electrons. The fraction of sp³-hybridized carbons (Fsp3) is 0.0588. The van der Waals surface area contributed by atoms with Crippen LogP contribution in [0, 0.1) is 11.3 Å². The molecule has 0 N–H and O–H groups in total. The summed E-state index contributed by atoms with van der Waals surface area (Å²) in [5, 5.41) is 13.7. The zero-order valence-electron chi connectivity index (χ0n) is 10.9. The summed E-state index contributed by atoms with van der Waals surface area (Å²) in [6.45, 7) is 0.608. The molecule has 0 aliphatic carbocycles. The van der Waals surface area contributed by atoms with Crippen LogP contribution >= 0.6 is 0 Å². The van der Waals surface area contributed by atoms with Crippen LogP contribution in [0.1, 0.15) is 11.1 Å². The Kier molecular flexibility index (Phi) is 3.30. The molecule has 3 heteroatoms. The molecule has 3 rings (SSSR count). The highest BCUT2D eigenvalue weighted by Crippen LogP contribution is 2.17. The van der Waals surface area contributed by atoms with Gasteiger partial charge in [-0.15, -0.1) is 0 Å². The Hall–Kier alpha value is -2.86. The first-order valence-electron chi connectivity index (χ1n) is 6.44. The van der Waals surface area contributed by atoms with E-state index in [-0.39, 0.29) is 0 Å². The van der Waals surface area contributed by atoms with E-state index < -0.39 is 0 Å². The topological polar surface area (TPSA) is 41.6 Å². The summed E-state index contributed by atoms with van der Waals surface area (Å²) in [6, 6.07) is 21.9. The van der Waals surface area contributed by atoms with E-state index in [2.05, 4.69) is 11.2 Å². The van der Waals surface area contributed by atoms with Gasteiger partial charge in [-0.2, -0.15) is 10.4 Å². The predicted octanol–water partition coefficient (Wildman–Crippen LogP) is 3.47. The van der Waals surface area contributed by atoms with E-state index in [0.717, 1.165) is 16.8 Å². The number of aromatic nitrogens is 2. The normalized spacial score (nSPS) is 10.2. The molecule has 0 saturated heterocycles. The van der Waals surface area contributed by atoms with Crippen molar-refractivity contribution in [1.29, 1.82) is 5.26 Å². The lowest BCUT2D eigenvalue weighted by Crippen LogP contribution is -2.02. The minimum atomic E-state index is 0.608. The van der Waals surface area contributed by atoms with Gasteiger partial charge in [0.15, 0.2) is 0 Å². The van der Waals surface area contributed by atoms with Crippen LogP contribution in [-0.2, 0) is 6.54 Å². The predicted molar refractivity (Wildman–Crippen MR) is 77.9 cm³/mol. The Balaban J connectivity index is 1.87. The SMILES string of the molecule is N#Cc1ccccc1Cn1ccc(-c2ccccc2)n1. The second-order valence-electron chi connectivity index (χ2n) is 4.53. The highest BCUT2D eigenvalue weighted by atomic mass is 15.3. The molecule has 0 aliphatic rings. The van der Waals surface area contributed by atoms with E-state index >= 15 is 0 Å². The zero-order valence-corrected chi connectivity index (χ0v) is 10.9. The van der Waals surface area contributed by atoms with Crippen molar-refractivity contribution in [1.82, 2.24) is 9.78 Å². The third-order valence-corrected chi connectivity index (χ3v) is 3.18. The molecule has 0 fully saturated rings. The van der Waals surface area contributed by atoms with Crippen molar-refractivity contribution in [3.8, 4) is 17.3 Å². The van der Waals surface area contributed by atoms with Crippen molar-refractivity contribution in [3.05, 3.63) is 78.0 Å². The molecule has 0 atom stereocenters. The third-order valence-electron chi connectivity index (χ3n) is 3.18. The average Bonchev–Trinajstić information content (AvgIpc) is 2.97. The molecular weight excluding hydrogens is 246 g/mol. The highest BCUT2D eigenvalue weighted by molar-refractivity contribution is 5.58. The van der Waals surface area contributed by atoms with E-state index in [0.29, 0.717) is 12.1 Å². The maximum absolute atomic E-state index is 9.10. The van der Waals surface area contributed by atoms with Crippen molar-refractivity contribution in [3.63, 3.8) is 0 Å². The molecule has 0 unspecified atom stereocenters. The van der Waals surface area contributed by atoms with Crippen LogP contribution in [0.3, 0.4) is 0 Å². The van der Waals surface area contributed by atoms with Gasteiger partial charge < -0.3 is 0 Å². The van der Waals surface area contributed by atoms with Gasteiger partial charge in [-0.05, 0) is 17.7 Å². The van der Waals surface area contributed by atoms with Gasteiger partial charge in [0.1, 0.15) is 0 Å². The van der Waals surface area contributed by atoms with Gasteiger partial charge in [0, 0.05) is 11.8 Å². The fourth-order valence-electron chi connectivity index (χ4n) is 2.15. The van der Waals surface area contributed by atoms with Gasteiger partial charge in [-0.3, -0.25) is 4.68 Å². The molecule has 2 aromatic carbocycles. The molecule has 1 heterocycles. The van der Waals surface area contributed by atoms with Crippen molar-refractivity contribution in [2.45, 2.75) is 6.54 Å². The van der Waals surface area contributed by atoms with E-state index in [9.17, 15) is 0 Å². The second kappa shape index (κ2) is 5.41. The molecule has 3 aromatic rings. The average molecular weight is 259 g/mol. The van der Waals surface area contributed by atoms with Gasteiger partial charge >= 0.3 is 0 Å². The molecule has 3 nitrogen and oxygen atoms in total. The van der Waals surface area contributed by atoms with E-state index in [1.165, 1.54) is 0 Å². The zero-order chi connectivity index (χ0) is 13.8. The van der Waals surface area contributed by atoms with E-state index in [1.54, 1.807) is 0 Å². The Morgan fingerprint density at radius 3 is 2.50 bits per heavy atom. The Bertz CT molecular complexity index is 751. The molecule has 20 heavy (non-hydrogen) atoms. The lowest BCUT2D eigenvalue weighted by Gasteiger charge is -2.04. The van der Waals surface area contributed by atoms with Gasteiger partial charge in [-0.25, -0.2) is 0 Å². The summed E-state index contributed by atoms with van der Waals surface area (Å²) < 4.78 is 1.86. The summed E-state index contributed by atoms with van der Waals surface area (Å²) in [4.78, 5) is 0. The highest BCUT2D eigenvalue weighted by Gasteiger charge is 2.05. The lowest BCUT2D eigenvalue weighted by molar-refractivity contribution is 0.688. The molecule has 0 bridgehead atoms. The maximum atomic E-state index is 9.10. The largest absolute Gasteiger partial charge is 0.268 e. The van der Waals surface area contributed by atoms with Crippen LogP contribution in [0.5, 0.6) is 0 Å². The number of benzene rings is 2. The third kappa shape index (κ3) is 2.45. The van der Waals surface area contributed by atoms with Gasteiger partial charge in [-0.1, -0.05) is 48.5 Å². The Labute approximate surface area is 117 Å². The summed E-state index contributed by atoms with van der Waals surface area (Å²) in [7, 11) is 0. The molecule has 0 spiro atoms. The van der Waals surface area contributed by atoms with Crippen LogP contribution in [0.4, 0.5) is 0 Å². The molecular formula is C17H13N3. The smallest absolute Gasteiger partial charge is 0.0995 e. The van der Waals surface area contributed by atoms with Crippen molar-refractivity contribution in [2.75, 3.05) is 0 Å². The second-order valence-corrected chi connectivity index (χ2v) is 4.53. The monoisotopic (exact) mass is 259 g/mol. The quantitative estimate of drug-likeness (QED) is 0.722. The minimum Gasteiger partial charge on any atom is -0.268 e. The minimum absolute atomic E-state index is 0.608. The van der Waals surface area contributed by atoms with E-state index in [4.69, 9.17) is 5.26 Å². The molecule has 0 amide bonds. The summed E-state index contributed by atoms with van der Waals surface area (Å²) >= 11 is 0. The number of hydrogen-bond donors (Lipinski definition) is 0. The molecule has 1 aromatic heterocycles. The maximum Gasteiger partial charge on any atom is 0.0995 e. The van der Waals surface area contributed by atoms with Crippen LogP contribution in [0.15, 0.2) is 66.9 Å². The lowest BCUT2D eigenvalue weighted by atomic mass is 10.1.